The number of nitrogens with one attached hydrogen (secondary N) is 3. The molecule has 30 heavy (non-hydrogen) atoms. The molecule has 7 heteroatoms. The van der Waals surface area contributed by atoms with Crippen LogP contribution in [0.1, 0.15) is 34.0 Å². The van der Waals surface area contributed by atoms with Gasteiger partial charge in [-0.3, -0.25) is 4.79 Å². The lowest BCUT2D eigenvalue weighted by atomic mass is 10.1. The molecule has 0 unspecified atom stereocenters. The van der Waals surface area contributed by atoms with Crippen molar-refractivity contribution in [3.8, 4) is 0 Å². The van der Waals surface area contributed by atoms with Gasteiger partial charge in [-0.15, -0.1) is 24.0 Å². The number of amides is 1. The Morgan fingerprint density at radius 3 is 2.40 bits per heavy atom. The van der Waals surface area contributed by atoms with Crippen molar-refractivity contribution >= 4 is 35.8 Å². The summed E-state index contributed by atoms with van der Waals surface area (Å²) in [6, 6.07) is 16.3. The standard InChI is InChI=1S/C23H33N5O.HI/c1-5-25-23(27-16-19-9-6-10-20(14-19)17-28(3)4)26-13-12-18-8-7-11-21(15-18)22(29)24-2;/h6-11,14-15H,5,12-13,16-17H2,1-4H3,(H,24,29)(H2,25,26,27);1H. The van der Waals surface area contributed by atoms with Crippen LogP contribution in [0.4, 0.5) is 0 Å². The third kappa shape index (κ3) is 9.13. The van der Waals surface area contributed by atoms with Crippen LogP contribution in [0.5, 0.6) is 0 Å². The third-order valence-corrected chi connectivity index (χ3v) is 4.38. The van der Waals surface area contributed by atoms with Gasteiger partial charge in [0.15, 0.2) is 5.96 Å². The smallest absolute Gasteiger partial charge is 0.251 e. The molecule has 6 nitrogen and oxygen atoms in total. The quantitative estimate of drug-likeness (QED) is 0.269. The first-order chi connectivity index (χ1) is 14.0. The molecule has 0 atom stereocenters. The second kappa shape index (κ2) is 14.0. The van der Waals surface area contributed by atoms with E-state index in [0.29, 0.717) is 12.1 Å². The zero-order valence-corrected chi connectivity index (χ0v) is 20.7. The largest absolute Gasteiger partial charge is 0.357 e. The number of rotatable bonds is 9. The molecule has 0 saturated carbocycles. The van der Waals surface area contributed by atoms with E-state index in [9.17, 15) is 4.79 Å². The lowest BCUT2D eigenvalue weighted by molar-refractivity contribution is 0.0963. The van der Waals surface area contributed by atoms with Crippen LogP contribution < -0.4 is 16.0 Å². The summed E-state index contributed by atoms with van der Waals surface area (Å²) < 4.78 is 0. The summed E-state index contributed by atoms with van der Waals surface area (Å²) in [4.78, 5) is 18.6. The van der Waals surface area contributed by atoms with E-state index in [2.05, 4.69) is 66.1 Å². The van der Waals surface area contributed by atoms with Crippen LogP contribution >= 0.6 is 24.0 Å². The number of aliphatic imine (C=N–C) groups is 1. The molecular weight excluding hydrogens is 489 g/mol. The van der Waals surface area contributed by atoms with Gasteiger partial charge in [-0.25, -0.2) is 4.99 Å². The maximum atomic E-state index is 11.8. The number of hydrogen-bond donors (Lipinski definition) is 3. The van der Waals surface area contributed by atoms with Crippen LogP contribution in [0.2, 0.25) is 0 Å². The summed E-state index contributed by atoms with van der Waals surface area (Å²) in [6.45, 7) is 5.15. The third-order valence-electron chi connectivity index (χ3n) is 4.38. The van der Waals surface area contributed by atoms with Gasteiger partial charge < -0.3 is 20.9 Å². The van der Waals surface area contributed by atoms with Crippen molar-refractivity contribution in [2.75, 3.05) is 34.2 Å². The fraction of sp³-hybridized carbons (Fsp3) is 0.391. The topological polar surface area (TPSA) is 68.8 Å². The monoisotopic (exact) mass is 523 g/mol. The van der Waals surface area contributed by atoms with Crippen LogP contribution in [-0.4, -0.2) is 51.0 Å². The van der Waals surface area contributed by atoms with Crippen LogP contribution in [0.15, 0.2) is 53.5 Å². The summed E-state index contributed by atoms with van der Waals surface area (Å²) in [5.41, 5.74) is 4.28. The van der Waals surface area contributed by atoms with E-state index in [1.165, 1.54) is 11.1 Å². The second-order valence-corrected chi connectivity index (χ2v) is 7.21. The Balaban J connectivity index is 0.00000450. The predicted molar refractivity (Wildman–Crippen MR) is 136 cm³/mol. The Hall–Kier alpha value is -2.13. The Morgan fingerprint density at radius 1 is 1.00 bits per heavy atom. The van der Waals surface area contributed by atoms with Gasteiger partial charge >= 0.3 is 0 Å². The van der Waals surface area contributed by atoms with Crippen molar-refractivity contribution in [1.82, 2.24) is 20.9 Å². The minimum Gasteiger partial charge on any atom is -0.357 e. The Kier molecular flexibility index (Phi) is 12.1. The molecule has 3 N–H and O–H groups in total. The highest BCUT2D eigenvalue weighted by Gasteiger charge is 2.04. The minimum atomic E-state index is -0.0637. The Labute approximate surface area is 197 Å². The number of hydrogen-bond acceptors (Lipinski definition) is 3. The van der Waals surface area contributed by atoms with Gasteiger partial charge in [-0.05, 0) is 56.3 Å². The molecule has 2 aromatic carbocycles. The van der Waals surface area contributed by atoms with Gasteiger partial charge in [0, 0.05) is 32.2 Å². The maximum absolute atomic E-state index is 11.8. The van der Waals surface area contributed by atoms with E-state index in [0.717, 1.165) is 37.6 Å². The first-order valence-electron chi connectivity index (χ1n) is 10.1. The summed E-state index contributed by atoms with van der Waals surface area (Å²) in [6.07, 6.45) is 0.813. The minimum absolute atomic E-state index is 0. The molecule has 0 saturated heterocycles. The molecule has 0 aromatic heterocycles. The van der Waals surface area contributed by atoms with E-state index in [-0.39, 0.29) is 29.9 Å². The molecule has 2 aromatic rings. The van der Waals surface area contributed by atoms with Crippen molar-refractivity contribution < 1.29 is 4.79 Å². The molecule has 0 radical (unpaired) electrons. The van der Waals surface area contributed by atoms with Crippen molar-refractivity contribution in [3.63, 3.8) is 0 Å². The van der Waals surface area contributed by atoms with Gasteiger partial charge in [0.05, 0.1) is 6.54 Å². The van der Waals surface area contributed by atoms with Gasteiger partial charge in [0.1, 0.15) is 0 Å². The van der Waals surface area contributed by atoms with Gasteiger partial charge in [0.2, 0.25) is 0 Å². The predicted octanol–water partition coefficient (Wildman–Crippen LogP) is 3.02. The number of halogens is 1. The van der Waals surface area contributed by atoms with Crippen molar-refractivity contribution in [2.45, 2.75) is 26.4 Å². The summed E-state index contributed by atoms with van der Waals surface area (Å²) >= 11 is 0. The molecule has 0 aliphatic rings. The molecule has 0 spiro atoms. The fourth-order valence-electron chi connectivity index (χ4n) is 3.04. The lowest BCUT2D eigenvalue weighted by Crippen LogP contribution is -2.38. The number of guanidine groups is 1. The van der Waals surface area contributed by atoms with E-state index in [1.54, 1.807) is 7.05 Å². The summed E-state index contributed by atoms with van der Waals surface area (Å²) in [5.74, 6) is 0.735. The van der Waals surface area contributed by atoms with E-state index >= 15 is 0 Å². The highest BCUT2D eigenvalue weighted by Crippen LogP contribution is 2.08. The van der Waals surface area contributed by atoms with Crippen molar-refractivity contribution in [1.29, 1.82) is 0 Å². The van der Waals surface area contributed by atoms with Crippen LogP contribution in [0.25, 0.3) is 0 Å². The fourth-order valence-corrected chi connectivity index (χ4v) is 3.04. The normalized spacial score (nSPS) is 11.0. The molecule has 0 aliphatic carbocycles. The first-order valence-corrected chi connectivity index (χ1v) is 10.1. The lowest BCUT2D eigenvalue weighted by Gasteiger charge is -2.13. The maximum Gasteiger partial charge on any atom is 0.251 e. The SMILES string of the molecule is CCNC(=NCc1cccc(CN(C)C)c1)NCCc1cccc(C(=O)NC)c1.I. The van der Waals surface area contributed by atoms with E-state index in [1.807, 2.05) is 24.3 Å². The van der Waals surface area contributed by atoms with Gasteiger partial charge in [0.25, 0.3) is 5.91 Å². The van der Waals surface area contributed by atoms with Crippen LogP contribution in [0.3, 0.4) is 0 Å². The van der Waals surface area contributed by atoms with Crippen molar-refractivity contribution in [3.05, 3.63) is 70.8 Å². The summed E-state index contributed by atoms with van der Waals surface area (Å²) in [5, 5.41) is 9.33. The highest BCUT2D eigenvalue weighted by molar-refractivity contribution is 14.0. The molecule has 0 aliphatic heterocycles. The zero-order valence-electron chi connectivity index (χ0n) is 18.4. The number of benzene rings is 2. The Morgan fingerprint density at radius 2 is 1.70 bits per heavy atom. The highest BCUT2D eigenvalue weighted by atomic mass is 127. The van der Waals surface area contributed by atoms with Crippen molar-refractivity contribution in [2.24, 2.45) is 4.99 Å². The average Bonchev–Trinajstić information content (AvgIpc) is 2.71. The molecule has 2 rings (SSSR count). The van der Waals surface area contributed by atoms with Crippen LogP contribution in [0, 0.1) is 0 Å². The summed E-state index contributed by atoms with van der Waals surface area (Å²) in [7, 11) is 5.79. The van der Waals surface area contributed by atoms with Gasteiger partial charge in [-0.1, -0.05) is 36.4 Å². The molecule has 1 amide bonds. The van der Waals surface area contributed by atoms with E-state index in [4.69, 9.17) is 4.99 Å². The Bertz CT molecular complexity index is 823. The van der Waals surface area contributed by atoms with Crippen LogP contribution in [-0.2, 0) is 19.5 Å². The van der Waals surface area contributed by atoms with Gasteiger partial charge in [-0.2, -0.15) is 0 Å². The number of nitrogens with zero attached hydrogens (tertiary/aromatic N) is 2. The first kappa shape index (κ1) is 25.9. The molecule has 0 fully saturated rings. The molecular formula is C23H34IN5O. The molecule has 0 bridgehead atoms. The van der Waals surface area contributed by atoms with E-state index < -0.39 is 0 Å². The number of carbonyl (C=O) groups is 1. The molecule has 164 valence electrons. The average molecular weight is 523 g/mol. The molecule has 0 heterocycles. The second-order valence-electron chi connectivity index (χ2n) is 7.21. The number of carbonyl (C=O) groups excluding carboxylic acids is 1. The zero-order chi connectivity index (χ0) is 21.1.